The lowest BCUT2D eigenvalue weighted by molar-refractivity contribution is -0.146. The highest BCUT2D eigenvalue weighted by atomic mass is 35.5. The lowest BCUT2D eigenvalue weighted by Gasteiger charge is -2.27. The Kier molecular flexibility index (Phi) is 5.48. The van der Waals surface area contributed by atoms with Crippen LogP contribution in [0.5, 0.6) is 0 Å². The smallest absolute Gasteiger partial charge is 0.323 e. The summed E-state index contributed by atoms with van der Waals surface area (Å²) in [5.74, 6) is -0.133. The summed E-state index contributed by atoms with van der Waals surface area (Å²) in [7, 11) is 0. The van der Waals surface area contributed by atoms with Crippen molar-refractivity contribution in [2.75, 3.05) is 6.61 Å². The molecule has 2 atom stereocenters. The van der Waals surface area contributed by atoms with E-state index in [2.05, 4.69) is 36.3 Å². The lowest BCUT2D eigenvalue weighted by Crippen LogP contribution is -3.00. The molecule has 3 rings (SSSR count). The van der Waals surface area contributed by atoms with Crippen LogP contribution in [0.15, 0.2) is 24.3 Å². The minimum atomic E-state index is -0.247. The number of esters is 1. The van der Waals surface area contributed by atoms with Gasteiger partial charge < -0.3 is 22.1 Å². The van der Waals surface area contributed by atoms with E-state index in [1.807, 2.05) is 12.1 Å². The van der Waals surface area contributed by atoms with Gasteiger partial charge in [0.1, 0.15) is 6.04 Å². The molecule has 0 saturated heterocycles. The summed E-state index contributed by atoms with van der Waals surface area (Å²) < 4.78 is 5.36. The zero-order valence-electron chi connectivity index (χ0n) is 13.0. The number of unbranched alkanes of at least 4 members (excludes halogenated alkanes) is 1. The van der Waals surface area contributed by atoms with Gasteiger partial charge in [-0.15, -0.1) is 0 Å². The van der Waals surface area contributed by atoms with E-state index in [0.717, 1.165) is 18.4 Å². The molecule has 0 bridgehead atoms. The van der Waals surface area contributed by atoms with Gasteiger partial charge in [0, 0.05) is 29.1 Å². The van der Waals surface area contributed by atoms with Crippen molar-refractivity contribution in [3.05, 3.63) is 35.5 Å². The SMILES string of the molecule is CCCCOC(=O)C1Cc2c([nH]c3ccccc23)C(C)N1.[Cl-]. The van der Waals surface area contributed by atoms with Crippen molar-refractivity contribution in [2.24, 2.45) is 0 Å². The molecule has 5 heteroatoms. The van der Waals surface area contributed by atoms with Gasteiger partial charge in [-0.3, -0.25) is 10.1 Å². The van der Waals surface area contributed by atoms with E-state index < -0.39 is 0 Å². The number of hydrogen-bond acceptors (Lipinski definition) is 3. The average Bonchev–Trinajstić information content (AvgIpc) is 2.87. The number of nitrogens with one attached hydrogen (secondary N) is 2. The normalized spacial score (nSPS) is 20.3. The minimum Gasteiger partial charge on any atom is -1.00 e. The van der Waals surface area contributed by atoms with Crippen molar-refractivity contribution < 1.29 is 21.9 Å². The number of para-hydroxylation sites is 1. The Hall–Kier alpha value is -1.52. The fourth-order valence-corrected chi connectivity index (χ4v) is 3.03. The van der Waals surface area contributed by atoms with Crippen LogP contribution in [-0.4, -0.2) is 23.6 Å². The second-order valence-corrected chi connectivity index (χ2v) is 5.73. The molecule has 1 aromatic heterocycles. The Balaban J connectivity index is 0.00000176. The summed E-state index contributed by atoms with van der Waals surface area (Å²) in [6, 6.07) is 8.14. The molecule has 4 nitrogen and oxygen atoms in total. The van der Waals surface area contributed by atoms with Gasteiger partial charge >= 0.3 is 5.97 Å². The van der Waals surface area contributed by atoms with Crippen molar-refractivity contribution in [1.29, 1.82) is 0 Å². The number of fused-ring (bicyclic) bond motifs is 3. The zero-order chi connectivity index (χ0) is 14.8. The molecule has 0 spiro atoms. The van der Waals surface area contributed by atoms with Crippen LogP contribution in [0.4, 0.5) is 0 Å². The lowest BCUT2D eigenvalue weighted by atomic mass is 9.94. The number of ether oxygens (including phenoxy) is 1. The van der Waals surface area contributed by atoms with Gasteiger partial charge in [0.15, 0.2) is 0 Å². The summed E-state index contributed by atoms with van der Waals surface area (Å²) in [5.41, 5.74) is 3.57. The first-order valence-corrected chi connectivity index (χ1v) is 7.73. The molecule has 120 valence electrons. The molecule has 2 heterocycles. The fourth-order valence-electron chi connectivity index (χ4n) is 3.03. The number of H-pyrrole nitrogens is 1. The Labute approximate surface area is 137 Å². The van der Waals surface area contributed by atoms with Gasteiger partial charge in [0.25, 0.3) is 0 Å². The molecule has 2 unspecified atom stereocenters. The summed E-state index contributed by atoms with van der Waals surface area (Å²) >= 11 is 0. The van der Waals surface area contributed by atoms with Crippen LogP contribution >= 0.6 is 0 Å². The van der Waals surface area contributed by atoms with E-state index in [9.17, 15) is 4.79 Å². The monoisotopic (exact) mass is 321 g/mol. The van der Waals surface area contributed by atoms with E-state index >= 15 is 0 Å². The average molecular weight is 322 g/mol. The van der Waals surface area contributed by atoms with Gasteiger partial charge in [0.2, 0.25) is 0 Å². The van der Waals surface area contributed by atoms with Crippen molar-refractivity contribution in [3.8, 4) is 0 Å². The fraction of sp³-hybridized carbons (Fsp3) is 0.471. The number of halogens is 1. The number of benzene rings is 1. The highest BCUT2D eigenvalue weighted by molar-refractivity contribution is 5.87. The summed E-state index contributed by atoms with van der Waals surface area (Å²) in [5, 5.41) is 4.57. The largest absolute Gasteiger partial charge is 1.00 e. The molecule has 0 radical (unpaired) electrons. The Bertz CT molecular complexity index is 653. The number of aromatic amines is 1. The molecule has 0 fully saturated rings. The predicted molar refractivity (Wildman–Crippen MR) is 83.2 cm³/mol. The molecule has 0 aliphatic carbocycles. The Morgan fingerprint density at radius 3 is 2.91 bits per heavy atom. The molecular weight excluding hydrogens is 300 g/mol. The van der Waals surface area contributed by atoms with Crippen LogP contribution in [0, 0.1) is 0 Å². The van der Waals surface area contributed by atoms with Gasteiger partial charge in [-0.05, 0) is 25.0 Å². The maximum atomic E-state index is 12.2. The number of aromatic nitrogens is 1. The number of hydrogen-bond donors (Lipinski definition) is 2. The van der Waals surface area contributed by atoms with Crippen LogP contribution < -0.4 is 17.7 Å². The summed E-state index contributed by atoms with van der Waals surface area (Å²) in [6.07, 6.45) is 2.65. The second-order valence-electron chi connectivity index (χ2n) is 5.73. The molecule has 1 aliphatic rings. The zero-order valence-corrected chi connectivity index (χ0v) is 13.7. The van der Waals surface area contributed by atoms with Crippen LogP contribution in [0.1, 0.15) is 44.0 Å². The van der Waals surface area contributed by atoms with Crippen molar-refractivity contribution in [3.63, 3.8) is 0 Å². The van der Waals surface area contributed by atoms with E-state index in [4.69, 9.17) is 4.74 Å². The maximum Gasteiger partial charge on any atom is 0.323 e. The molecule has 0 saturated carbocycles. The first-order chi connectivity index (χ1) is 10.2. The van der Waals surface area contributed by atoms with Crippen LogP contribution in [0.3, 0.4) is 0 Å². The van der Waals surface area contributed by atoms with E-state index in [0.29, 0.717) is 13.0 Å². The first-order valence-electron chi connectivity index (χ1n) is 7.73. The summed E-state index contributed by atoms with van der Waals surface area (Å²) in [4.78, 5) is 15.7. The third-order valence-electron chi connectivity index (χ3n) is 4.17. The minimum absolute atomic E-state index is 0. The van der Waals surface area contributed by atoms with E-state index in [-0.39, 0.29) is 30.5 Å². The molecule has 0 amide bonds. The van der Waals surface area contributed by atoms with Gasteiger partial charge in [-0.2, -0.15) is 0 Å². The van der Waals surface area contributed by atoms with Gasteiger partial charge in [0.05, 0.1) is 6.61 Å². The van der Waals surface area contributed by atoms with Crippen molar-refractivity contribution in [1.82, 2.24) is 10.3 Å². The third kappa shape index (κ3) is 3.13. The standard InChI is InChI=1S/C17H22N2O2.ClH/c1-3-4-9-21-17(20)15-10-13-12-7-5-6-8-14(12)19-16(13)11(2)18-15;/h5-8,11,15,18-19H,3-4,9-10H2,1-2H3;1H/p-1. The van der Waals surface area contributed by atoms with Crippen LogP contribution in [-0.2, 0) is 16.0 Å². The van der Waals surface area contributed by atoms with Crippen molar-refractivity contribution >= 4 is 16.9 Å². The predicted octanol–water partition coefficient (Wildman–Crippen LogP) is 0.0905. The van der Waals surface area contributed by atoms with Gasteiger partial charge in [-0.1, -0.05) is 31.5 Å². The van der Waals surface area contributed by atoms with Crippen LogP contribution in [0.2, 0.25) is 0 Å². The van der Waals surface area contributed by atoms with Gasteiger partial charge in [-0.25, -0.2) is 0 Å². The molecule has 1 aliphatic heterocycles. The Morgan fingerprint density at radius 1 is 1.36 bits per heavy atom. The molecule has 1 aromatic carbocycles. The molecule has 2 N–H and O–H groups in total. The number of rotatable bonds is 4. The molecule has 22 heavy (non-hydrogen) atoms. The maximum absolute atomic E-state index is 12.2. The van der Waals surface area contributed by atoms with Crippen LogP contribution in [0.25, 0.3) is 10.9 Å². The van der Waals surface area contributed by atoms with E-state index in [1.54, 1.807) is 0 Å². The number of carbonyl (C=O) groups excluding carboxylic acids is 1. The molecule has 2 aromatic rings. The topological polar surface area (TPSA) is 54.1 Å². The summed E-state index contributed by atoms with van der Waals surface area (Å²) in [6.45, 7) is 4.69. The molecular formula is C17H22ClN2O2-. The highest BCUT2D eigenvalue weighted by Crippen LogP contribution is 2.31. The number of carbonyl (C=O) groups is 1. The third-order valence-corrected chi connectivity index (χ3v) is 4.17. The Morgan fingerprint density at radius 2 is 2.14 bits per heavy atom. The highest BCUT2D eigenvalue weighted by Gasteiger charge is 2.31. The quantitative estimate of drug-likeness (QED) is 0.620. The van der Waals surface area contributed by atoms with Crippen molar-refractivity contribution in [2.45, 2.75) is 45.2 Å². The first kappa shape index (κ1) is 16.8. The second kappa shape index (κ2) is 7.16. The van der Waals surface area contributed by atoms with E-state index in [1.165, 1.54) is 16.6 Å².